The first-order chi connectivity index (χ1) is 21.9. The summed E-state index contributed by atoms with van der Waals surface area (Å²) in [6, 6.07) is 32.9. The van der Waals surface area contributed by atoms with Gasteiger partial charge in [-0.2, -0.15) is 0 Å². The van der Waals surface area contributed by atoms with Crippen molar-refractivity contribution in [3.63, 3.8) is 0 Å². The summed E-state index contributed by atoms with van der Waals surface area (Å²) in [7, 11) is 0. The van der Waals surface area contributed by atoms with E-state index in [0.29, 0.717) is 27.5 Å². The van der Waals surface area contributed by atoms with Gasteiger partial charge in [-0.15, -0.1) is 0 Å². The maximum absolute atomic E-state index is 11.1. The minimum atomic E-state index is -1.01. The lowest BCUT2D eigenvalue weighted by atomic mass is 9.84. The fourth-order valence-corrected chi connectivity index (χ4v) is 6.85. The Bertz CT molecular complexity index is 2540. The van der Waals surface area contributed by atoms with E-state index in [1.54, 1.807) is 0 Å². The van der Waals surface area contributed by atoms with E-state index in [1.807, 2.05) is 97.1 Å². The van der Waals surface area contributed by atoms with Crippen LogP contribution in [0.5, 0.6) is 28.7 Å². The van der Waals surface area contributed by atoms with Gasteiger partial charge in [-0.1, -0.05) is 84.9 Å². The number of phenols is 5. The van der Waals surface area contributed by atoms with Crippen molar-refractivity contribution >= 4 is 65.4 Å². The van der Waals surface area contributed by atoms with E-state index in [2.05, 4.69) is 6.07 Å². The summed E-state index contributed by atoms with van der Waals surface area (Å²) in [6.07, 6.45) is 0. The summed E-state index contributed by atoms with van der Waals surface area (Å²) in [5.41, 5.74) is 4.49. The lowest BCUT2D eigenvalue weighted by molar-refractivity contribution is 0.330. The van der Waals surface area contributed by atoms with Gasteiger partial charge in [0.25, 0.3) is 0 Å². The molecule has 0 saturated carbocycles. The first-order valence-electron chi connectivity index (χ1n) is 14.3. The van der Waals surface area contributed by atoms with Crippen LogP contribution in [-0.2, 0) is 0 Å². The minimum absolute atomic E-state index is 0.211. The molecule has 0 atom stereocenters. The van der Waals surface area contributed by atoms with Crippen LogP contribution in [0.1, 0.15) is 0 Å². The number of hydrogen-bond donors (Lipinski definition) is 5. The number of fused-ring (bicyclic) bond motifs is 8. The second-order valence-corrected chi connectivity index (χ2v) is 11.2. The Morgan fingerprint density at radius 3 is 1.07 bits per heavy atom. The maximum Gasteiger partial charge on any atom is 0.208 e. The summed E-state index contributed by atoms with van der Waals surface area (Å²) in [6.45, 7) is 0. The highest BCUT2D eigenvalue weighted by atomic mass is 16.4. The first kappa shape index (κ1) is 25.2. The number of para-hydroxylation sites is 2. The van der Waals surface area contributed by atoms with Crippen LogP contribution in [0.15, 0.2) is 112 Å². The Kier molecular flexibility index (Phi) is 4.95. The summed E-state index contributed by atoms with van der Waals surface area (Å²) in [4.78, 5) is 0. The van der Waals surface area contributed by atoms with Gasteiger partial charge >= 0.3 is 0 Å². The smallest absolute Gasteiger partial charge is 0.208 e. The molecule has 0 aliphatic rings. The predicted molar refractivity (Wildman–Crippen MR) is 175 cm³/mol. The highest BCUT2D eigenvalue weighted by Gasteiger charge is 2.30. The standard InChI is InChI=1S/C38H22O7/c39-32-30(33(40)35(42)36(43)34(32)41)28-20-11-1-3-13-22(20)29(23-14-4-2-12-21(23)28)31-37-24(18-9-5-7-15-26(18)44-37)17-25-19-10-6-8-16-27(19)45-38(25)31/h1-17,39-43H. The Balaban J connectivity index is 1.55. The molecular weight excluding hydrogens is 568 g/mol. The van der Waals surface area contributed by atoms with Crippen molar-refractivity contribution in [3.8, 4) is 51.0 Å². The van der Waals surface area contributed by atoms with Crippen LogP contribution >= 0.6 is 0 Å². The lowest BCUT2D eigenvalue weighted by Crippen LogP contribution is -1.93. The number of hydrogen-bond acceptors (Lipinski definition) is 7. The van der Waals surface area contributed by atoms with E-state index in [0.717, 1.165) is 54.6 Å². The van der Waals surface area contributed by atoms with Crippen LogP contribution < -0.4 is 0 Å². The molecule has 0 aliphatic heterocycles. The molecule has 0 amide bonds. The van der Waals surface area contributed by atoms with Crippen molar-refractivity contribution in [2.24, 2.45) is 0 Å². The maximum atomic E-state index is 11.1. The first-order valence-corrected chi connectivity index (χ1v) is 14.3. The molecule has 9 aromatic rings. The molecule has 0 radical (unpaired) electrons. The summed E-state index contributed by atoms with van der Waals surface area (Å²) < 4.78 is 13.2. The zero-order valence-electron chi connectivity index (χ0n) is 23.4. The Morgan fingerprint density at radius 2 is 0.644 bits per heavy atom. The molecule has 0 aliphatic carbocycles. The molecule has 5 N–H and O–H groups in total. The number of aromatic hydroxyl groups is 5. The number of benzene rings is 7. The zero-order valence-corrected chi connectivity index (χ0v) is 23.4. The highest BCUT2D eigenvalue weighted by Crippen LogP contribution is 2.58. The van der Waals surface area contributed by atoms with E-state index < -0.39 is 28.7 Å². The molecule has 0 saturated heterocycles. The molecule has 9 rings (SSSR count). The van der Waals surface area contributed by atoms with E-state index in [9.17, 15) is 25.5 Å². The molecule has 0 bridgehead atoms. The summed E-state index contributed by atoms with van der Waals surface area (Å²) in [5.74, 6) is -4.40. The van der Waals surface area contributed by atoms with Gasteiger partial charge in [0.2, 0.25) is 17.2 Å². The minimum Gasteiger partial charge on any atom is -0.504 e. The number of rotatable bonds is 2. The van der Waals surface area contributed by atoms with Crippen molar-refractivity contribution in [3.05, 3.63) is 103 Å². The average Bonchev–Trinajstić information content (AvgIpc) is 3.64. The SMILES string of the molecule is Oc1c(O)c(O)c(-c2c3ccccc3c(-c3c4oc5ccccc5c4cc4c3oc3ccccc34)c3ccccc23)c(O)c1O. The van der Waals surface area contributed by atoms with Crippen LogP contribution in [0.3, 0.4) is 0 Å². The van der Waals surface area contributed by atoms with E-state index in [-0.39, 0.29) is 5.56 Å². The Hall–Kier alpha value is -6.34. The molecular formula is C38H22O7. The topological polar surface area (TPSA) is 127 Å². The van der Waals surface area contributed by atoms with Gasteiger partial charge in [-0.25, -0.2) is 0 Å². The fourth-order valence-electron chi connectivity index (χ4n) is 6.85. The van der Waals surface area contributed by atoms with Crippen molar-refractivity contribution in [1.29, 1.82) is 0 Å². The monoisotopic (exact) mass is 590 g/mol. The van der Waals surface area contributed by atoms with Crippen molar-refractivity contribution in [2.45, 2.75) is 0 Å². The van der Waals surface area contributed by atoms with Crippen molar-refractivity contribution < 1.29 is 34.4 Å². The lowest BCUT2D eigenvalue weighted by Gasteiger charge is -2.20. The molecule has 0 fully saturated rings. The quantitative estimate of drug-likeness (QED) is 0.0770. The van der Waals surface area contributed by atoms with Gasteiger partial charge < -0.3 is 34.4 Å². The Labute approximate surface area is 253 Å². The predicted octanol–water partition coefficient (Wildman–Crippen LogP) is 9.65. The van der Waals surface area contributed by atoms with Gasteiger partial charge in [0.1, 0.15) is 22.3 Å². The molecule has 2 aromatic heterocycles. The fraction of sp³-hybridized carbons (Fsp3) is 0. The Morgan fingerprint density at radius 1 is 0.311 bits per heavy atom. The van der Waals surface area contributed by atoms with Gasteiger partial charge in [0.15, 0.2) is 11.5 Å². The molecule has 45 heavy (non-hydrogen) atoms. The third-order valence-electron chi connectivity index (χ3n) is 8.81. The van der Waals surface area contributed by atoms with E-state index in [4.69, 9.17) is 8.83 Å². The van der Waals surface area contributed by atoms with Crippen molar-refractivity contribution in [1.82, 2.24) is 0 Å². The third-order valence-corrected chi connectivity index (χ3v) is 8.81. The number of furan rings is 2. The molecule has 7 aromatic carbocycles. The van der Waals surface area contributed by atoms with Gasteiger partial charge in [0.05, 0.1) is 11.1 Å². The van der Waals surface area contributed by atoms with Crippen LogP contribution in [0.2, 0.25) is 0 Å². The van der Waals surface area contributed by atoms with Crippen LogP contribution in [0.4, 0.5) is 0 Å². The third kappa shape index (κ3) is 3.24. The second kappa shape index (κ2) is 8.84. The molecule has 0 spiro atoms. The largest absolute Gasteiger partial charge is 0.504 e. The second-order valence-electron chi connectivity index (χ2n) is 11.2. The average molecular weight is 591 g/mol. The molecule has 216 valence electrons. The molecule has 7 heteroatoms. The molecule has 2 heterocycles. The van der Waals surface area contributed by atoms with Gasteiger partial charge in [-0.3, -0.25) is 0 Å². The van der Waals surface area contributed by atoms with Crippen molar-refractivity contribution in [2.75, 3.05) is 0 Å². The van der Waals surface area contributed by atoms with Gasteiger partial charge in [-0.05, 0) is 39.7 Å². The zero-order chi connectivity index (χ0) is 30.6. The summed E-state index contributed by atoms with van der Waals surface area (Å²) in [5, 5.41) is 59.8. The number of phenolic OH excluding ortho intramolecular Hbond substituents is 5. The van der Waals surface area contributed by atoms with Gasteiger partial charge in [0, 0.05) is 32.7 Å². The van der Waals surface area contributed by atoms with E-state index >= 15 is 0 Å². The van der Waals surface area contributed by atoms with E-state index in [1.165, 1.54) is 0 Å². The normalized spacial score (nSPS) is 12.0. The summed E-state index contributed by atoms with van der Waals surface area (Å²) >= 11 is 0. The molecule has 0 unspecified atom stereocenters. The molecule has 7 nitrogen and oxygen atoms in total. The van der Waals surface area contributed by atoms with Crippen LogP contribution in [0.25, 0.3) is 87.7 Å². The van der Waals surface area contributed by atoms with Crippen LogP contribution in [-0.4, -0.2) is 25.5 Å². The van der Waals surface area contributed by atoms with Crippen LogP contribution in [0, 0.1) is 0 Å². The highest BCUT2D eigenvalue weighted by molar-refractivity contribution is 6.30.